The second kappa shape index (κ2) is 7.12. The molecule has 0 bridgehead atoms. The number of nitrogens with one attached hydrogen (secondary N) is 1. The van der Waals surface area contributed by atoms with Gasteiger partial charge in [-0.1, -0.05) is 23.8 Å². The maximum Gasteiger partial charge on any atom is 0.0737 e. The van der Waals surface area contributed by atoms with Crippen LogP contribution in [0.25, 0.3) is 10.9 Å². The van der Waals surface area contributed by atoms with E-state index in [2.05, 4.69) is 34.3 Å². The Balaban J connectivity index is 1.57. The van der Waals surface area contributed by atoms with Gasteiger partial charge in [0.25, 0.3) is 0 Å². The molecule has 1 aromatic carbocycles. The van der Waals surface area contributed by atoms with Gasteiger partial charge in [0.1, 0.15) is 0 Å². The van der Waals surface area contributed by atoms with Gasteiger partial charge >= 0.3 is 0 Å². The Labute approximate surface area is 137 Å². The number of pyridine rings is 1. The van der Waals surface area contributed by atoms with Gasteiger partial charge in [0.2, 0.25) is 0 Å². The summed E-state index contributed by atoms with van der Waals surface area (Å²) in [4.78, 5) is 6.86. The molecule has 1 aromatic heterocycles. The van der Waals surface area contributed by atoms with Gasteiger partial charge in [-0.25, -0.2) is 0 Å². The van der Waals surface area contributed by atoms with Crippen molar-refractivity contribution in [2.75, 3.05) is 25.0 Å². The molecule has 1 aliphatic rings. The lowest BCUT2D eigenvalue weighted by Gasteiger charge is -2.19. The number of fused-ring (bicyclic) bond motifs is 1. The van der Waals surface area contributed by atoms with Crippen LogP contribution in [0.4, 0.5) is 5.69 Å². The van der Waals surface area contributed by atoms with Crippen molar-refractivity contribution in [2.45, 2.75) is 25.8 Å². The normalized spacial score (nSPS) is 16.3. The SMILES string of the molecule is C[C@@H](CCCN1CC=CC1)Nc1ccnc2cc(Cl)ccc12. The Morgan fingerprint density at radius 2 is 2.09 bits per heavy atom. The molecule has 0 radical (unpaired) electrons. The fourth-order valence-electron chi connectivity index (χ4n) is 2.91. The van der Waals surface area contributed by atoms with E-state index < -0.39 is 0 Å². The average Bonchev–Trinajstić information content (AvgIpc) is 3.00. The fourth-order valence-corrected chi connectivity index (χ4v) is 3.08. The van der Waals surface area contributed by atoms with Crippen LogP contribution in [0.15, 0.2) is 42.6 Å². The molecular weight excluding hydrogens is 294 g/mol. The number of hydrogen-bond acceptors (Lipinski definition) is 3. The third-order valence-corrected chi connectivity index (χ3v) is 4.35. The van der Waals surface area contributed by atoms with Gasteiger partial charge in [0, 0.05) is 41.4 Å². The summed E-state index contributed by atoms with van der Waals surface area (Å²) in [6.45, 7) is 5.63. The lowest BCUT2D eigenvalue weighted by Crippen LogP contribution is -2.23. The molecule has 116 valence electrons. The van der Waals surface area contributed by atoms with Gasteiger partial charge in [-0.05, 0) is 50.6 Å². The van der Waals surface area contributed by atoms with E-state index in [1.807, 2.05) is 30.5 Å². The van der Waals surface area contributed by atoms with Crippen molar-refractivity contribution in [3.8, 4) is 0 Å². The third kappa shape index (κ3) is 3.79. The Kier molecular flexibility index (Phi) is 4.96. The molecule has 22 heavy (non-hydrogen) atoms. The minimum absolute atomic E-state index is 0.442. The first-order chi connectivity index (χ1) is 10.7. The van der Waals surface area contributed by atoms with Crippen LogP contribution in [-0.2, 0) is 0 Å². The van der Waals surface area contributed by atoms with E-state index in [0.29, 0.717) is 6.04 Å². The minimum atomic E-state index is 0.442. The molecule has 0 amide bonds. The summed E-state index contributed by atoms with van der Waals surface area (Å²) in [5.74, 6) is 0. The highest BCUT2D eigenvalue weighted by Crippen LogP contribution is 2.25. The zero-order valence-corrected chi connectivity index (χ0v) is 13.7. The topological polar surface area (TPSA) is 28.2 Å². The first-order valence-electron chi connectivity index (χ1n) is 7.90. The number of aromatic nitrogens is 1. The maximum absolute atomic E-state index is 6.04. The highest BCUT2D eigenvalue weighted by atomic mass is 35.5. The zero-order valence-electron chi connectivity index (χ0n) is 12.9. The highest BCUT2D eigenvalue weighted by Gasteiger charge is 2.09. The largest absolute Gasteiger partial charge is 0.382 e. The molecule has 1 atom stereocenters. The van der Waals surface area contributed by atoms with Gasteiger partial charge in [0.05, 0.1) is 5.52 Å². The van der Waals surface area contributed by atoms with E-state index in [1.54, 1.807) is 0 Å². The first kappa shape index (κ1) is 15.3. The summed E-state index contributed by atoms with van der Waals surface area (Å²) in [7, 11) is 0. The van der Waals surface area contributed by atoms with E-state index in [9.17, 15) is 0 Å². The van der Waals surface area contributed by atoms with Crippen molar-refractivity contribution < 1.29 is 0 Å². The van der Waals surface area contributed by atoms with E-state index >= 15 is 0 Å². The molecule has 3 rings (SSSR count). The number of benzene rings is 1. The monoisotopic (exact) mass is 315 g/mol. The molecule has 0 fully saturated rings. The third-order valence-electron chi connectivity index (χ3n) is 4.11. The summed E-state index contributed by atoms with van der Waals surface area (Å²) in [5, 5.41) is 5.47. The summed E-state index contributed by atoms with van der Waals surface area (Å²) in [6.07, 6.45) is 8.70. The number of hydrogen-bond donors (Lipinski definition) is 1. The summed E-state index contributed by atoms with van der Waals surface area (Å²) in [6, 6.07) is 8.35. The van der Waals surface area contributed by atoms with Crippen LogP contribution in [0, 0.1) is 0 Å². The zero-order chi connectivity index (χ0) is 15.4. The Morgan fingerprint density at radius 3 is 2.91 bits per heavy atom. The highest BCUT2D eigenvalue weighted by molar-refractivity contribution is 6.31. The first-order valence-corrected chi connectivity index (χ1v) is 8.28. The van der Waals surface area contributed by atoms with E-state index in [-0.39, 0.29) is 0 Å². The second-order valence-electron chi connectivity index (χ2n) is 5.94. The van der Waals surface area contributed by atoms with Crippen LogP contribution in [0.2, 0.25) is 5.02 Å². The van der Waals surface area contributed by atoms with Gasteiger partial charge in [-0.15, -0.1) is 0 Å². The molecule has 2 heterocycles. The lowest BCUT2D eigenvalue weighted by molar-refractivity contribution is 0.340. The predicted molar refractivity (Wildman–Crippen MR) is 94.7 cm³/mol. The molecule has 4 heteroatoms. The quantitative estimate of drug-likeness (QED) is 0.804. The summed E-state index contributed by atoms with van der Waals surface area (Å²) < 4.78 is 0. The number of rotatable bonds is 6. The van der Waals surface area contributed by atoms with Gasteiger partial charge in [0.15, 0.2) is 0 Å². The molecule has 2 aromatic rings. The summed E-state index contributed by atoms with van der Waals surface area (Å²) >= 11 is 6.04. The molecule has 1 N–H and O–H groups in total. The van der Waals surface area contributed by atoms with Crippen LogP contribution < -0.4 is 5.32 Å². The van der Waals surface area contributed by atoms with Crippen molar-refractivity contribution in [3.05, 3.63) is 47.6 Å². The van der Waals surface area contributed by atoms with Gasteiger partial charge < -0.3 is 5.32 Å². The van der Waals surface area contributed by atoms with Crippen molar-refractivity contribution in [1.29, 1.82) is 0 Å². The molecular formula is C18H22ClN3. The van der Waals surface area contributed by atoms with Crippen LogP contribution in [0.1, 0.15) is 19.8 Å². The van der Waals surface area contributed by atoms with Crippen molar-refractivity contribution in [2.24, 2.45) is 0 Å². The molecule has 0 unspecified atom stereocenters. The van der Waals surface area contributed by atoms with Gasteiger partial charge in [-0.3, -0.25) is 9.88 Å². The average molecular weight is 316 g/mol. The van der Waals surface area contributed by atoms with Crippen LogP contribution >= 0.6 is 11.6 Å². The Hall–Kier alpha value is -1.58. The Morgan fingerprint density at radius 1 is 1.27 bits per heavy atom. The van der Waals surface area contributed by atoms with Gasteiger partial charge in [-0.2, -0.15) is 0 Å². The fraction of sp³-hybridized carbons (Fsp3) is 0.389. The van der Waals surface area contributed by atoms with Crippen LogP contribution in [-0.4, -0.2) is 35.6 Å². The van der Waals surface area contributed by atoms with Crippen molar-refractivity contribution in [1.82, 2.24) is 9.88 Å². The number of anilines is 1. The van der Waals surface area contributed by atoms with Crippen LogP contribution in [0.3, 0.4) is 0 Å². The maximum atomic E-state index is 6.04. The van der Waals surface area contributed by atoms with Crippen LogP contribution in [0.5, 0.6) is 0 Å². The number of nitrogens with zero attached hydrogens (tertiary/aromatic N) is 2. The second-order valence-corrected chi connectivity index (χ2v) is 6.38. The predicted octanol–water partition coefficient (Wildman–Crippen LogP) is 4.34. The Bertz CT molecular complexity index is 660. The molecule has 1 aliphatic heterocycles. The summed E-state index contributed by atoms with van der Waals surface area (Å²) in [5.41, 5.74) is 2.07. The molecule has 0 saturated carbocycles. The van der Waals surface area contributed by atoms with E-state index in [0.717, 1.165) is 41.1 Å². The smallest absolute Gasteiger partial charge is 0.0737 e. The van der Waals surface area contributed by atoms with Crippen molar-refractivity contribution >= 4 is 28.2 Å². The van der Waals surface area contributed by atoms with E-state index in [1.165, 1.54) is 13.0 Å². The number of halogens is 1. The standard InChI is InChI=1S/C18H22ClN3/c1-14(5-4-12-22-10-2-3-11-22)21-17-8-9-20-18-13-15(19)6-7-16(17)18/h2-3,6-9,13-14H,4-5,10-12H2,1H3,(H,20,21)/t14-/m0/s1. The molecule has 0 saturated heterocycles. The molecule has 3 nitrogen and oxygen atoms in total. The minimum Gasteiger partial charge on any atom is -0.382 e. The van der Waals surface area contributed by atoms with E-state index in [4.69, 9.17) is 11.6 Å². The molecule has 0 spiro atoms. The molecule has 0 aliphatic carbocycles. The van der Waals surface area contributed by atoms with Crippen molar-refractivity contribution in [3.63, 3.8) is 0 Å². The lowest BCUT2D eigenvalue weighted by atomic mass is 10.1.